The number of piperidine rings is 1. The molecule has 2 rings (SSSR count). The molecule has 1 aliphatic heterocycles. The molecule has 0 aliphatic carbocycles. The van der Waals surface area contributed by atoms with E-state index in [9.17, 15) is 9.59 Å². The normalized spacial score (nSPS) is 15.8. The van der Waals surface area contributed by atoms with E-state index in [0.717, 1.165) is 55.2 Å². The molecule has 1 fully saturated rings. The summed E-state index contributed by atoms with van der Waals surface area (Å²) < 4.78 is 0. The number of rotatable bonds is 6. The van der Waals surface area contributed by atoms with Gasteiger partial charge in [0.05, 0.1) is 6.54 Å². The Labute approximate surface area is 150 Å². The maximum Gasteiger partial charge on any atom is 0.325 e. The Morgan fingerprint density at radius 1 is 1.20 bits per heavy atom. The lowest BCUT2D eigenvalue weighted by atomic mass is 9.93. The third kappa shape index (κ3) is 6.14. The molecule has 25 heavy (non-hydrogen) atoms. The molecule has 6 nitrogen and oxygen atoms in total. The van der Waals surface area contributed by atoms with Gasteiger partial charge in [-0.2, -0.15) is 0 Å². The first-order chi connectivity index (χ1) is 12.0. The highest BCUT2D eigenvalue weighted by Gasteiger charge is 2.21. The van der Waals surface area contributed by atoms with E-state index in [2.05, 4.69) is 20.9 Å². The minimum absolute atomic E-state index is 0.253. The number of imide groups is 1. The van der Waals surface area contributed by atoms with Crippen LogP contribution in [0.1, 0.15) is 30.4 Å². The van der Waals surface area contributed by atoms with E-state index in [-0.39, 0.29) is 12.5 Å². The number of aryl methyl sites for hydroxylation is 1. The van der Waals surface area contributed by atoms with E-state index in [1.54, 1.807) is 0 Å². The van der Waals surface area contributed by atoms with Crippen molar-refractivity contribution in [2.75, 3.05) is 38.5 Å². The highest BCUT2D eigenvalue weighted by atomic mass is 16.2. The predicted octanol–water partition coefficient (Wildman–Crippen LogP) is 2.27. The first-order valence-corrected chi connectivity index (χ1v) is 9.03. The predicted molar refractivity (Wildman–Crippen MR) is 101 cm³/mol. The zero-order valence-corrected chi connectivity index (χ0v) is 15.5. The molecular formula is C19H30N4O2. The average Bonchev–Trinajstić information content (AvgIpc) is 2.58. The zero-order chi connectivity index (χ0) is 18.2. The molecule has 0 spiro atoms. The van der Waals surface area contributed by atoms with Crippen LogP contribution in [-0.4, -0.2) is 50.1 Å². The number of hydrogen-bond acceptors (Lipinski definition) is 4. The largest absolute Gasteiger partial charge is 0.325 e. The van der Waals surface area contributed by atoms with E-state index < -0.39 is 6.03 Å². The number of urea groups is 1. The lowest BCUT2D eigenvalue weighted by Crippen LogP contribution is -2.44. The van der Waals surface area contributed by atoms with E-state index in [0.29, 0.717) is 0 Å². The fourth-order valence-electron chi connectivity index (χ4n) is 3.19. The molecule has 1 saturated heterocycles. The van der Waals surface area contributed by atoms with Crippen molar-refractivity contribution >= 4 is 17.6 Å². The van der Waals surface area contributed by atoms with Crippen LogP contribution in [0.5, 0.6) is 0 Å². The summed E-state index contributed by atoms with van der Waals surface area (Å²) in [7, 11) is 1.97. The van der Waals surface area contributed by atoms with Gasteiger partial charge in [-0.15, -0.1) is 0 Å². The average molecular weight is 346 g/mol. The summed E-state index contributed by atoms with van der Waals surface area (Å²) >= 11 is 0. The molecule has 3 amide bonds. The minimum atomic E-state index is -0.470. The molecule has 0 unspecified atom stereocenters. The fourth-order valence-corrected chi connectivity index (χ4v) is 3.19. The van der Waals surface area contributed by atoms with E-state index in [1.165, 1.54) is 6.42 Å². The summed E-state index contributed by atoms with van der Waals surface area (Å²) in [5.74, 6) is 0.482. The number of likely N-dealkylation sites (tertiary alicyclic amines) is 1. The summed E-state index contributed by atoms with van der Waals surface area (Å²) in [6, 6.07) is 5.24. The molecular weight excluding hydrogens is 316 g/mol. The van der Waals surface area contributed by atoms with E-state index >= 15 is 0 Å². The Balaban J connectivity index is 1.73. The van der Waals surface area contributed by atoms with Crippen LogP contribution in [0.25, 0.3) is 0 Å². The lowest BCUT2D eigenvalue weighted by Gasteiger charge is -2.31. The summed E-state index contributed by atoms with van der Waals surface area (Å²) in [6.45, 7) is 7.10. The van der Waals surface area contributed by atoms with Crippen molar-refractivity contribution in [3.8, 4) is 0 Å². The lowest BCUT2D eigenvalue weighted by molar-refractivity contribution is -0.121. The van der Waals surface area contributed by atoms with Gasteiger partial charge in [-0.3, -0.25) is 15.0 Å². The third-order valence-electron chi connectivity index (χ3n) is 4.98. The van der Waals surface area contributed by atoms with Crippen molar-refractivity contribution < 1.29 is 9.59 Å². The van der Waals surface area contributed by atoms with Crippen LogP contribution in [0, 0.1) is 19.8 Å². The number of carbonyl (C=O) groups is 2. The highest BCUT2D eigenvalue weighted by molar-refractivity contribution is 6.02. The molecule has 0 bridgehead atoms. The molecule has 3 N–H and O–H groups in total. The Kier molecular flexibility index (Phi) is 7.40. The minimum Gasteiger partial charge on any atom is -0.320 e. The van der Waals surface area contributed by atoms with Gasteiger partial charge in [0.15, 0.2) is 0 Å². The van der Waals surface area contributed by atoms with Gasteiger partial charge < -0.3 is 10.6 Å². The Hall–Kier alpha value is -1.92. The van der Waals surface area contributed by atoms with E-state index in [4.69, 9.17) is 0 Å². The van der Waals surface area contributed by atoms with Crippen LogP contribution in [0.15, 0.2) is 18.2 Å². The van der Waals surface area contributed by atoms with Crippen molar-refractivity contribution in [3.05, 3.63) is 29.3 Å². The van der Waals surface area contributed by atoms with Gasteiger partial charge in [-0.1, -0.05) is 12.1 Å². The topological polar surface area (TPSA) is 73.5 Å². The molecule has 1 aliphatic rings. The van der Waals surface area contributed by atoms with Crippen molar-refractivity contribution in [3.63, 3.8) is 0 Å². The van der Waals surface area contributed by atoms with Gasteiger partial charge in [0, 0.05) is 5.69 Å². The maximum atomic E-state index is 12.1. The van der Waals surface area contributed by atoms with Crippen LogP contribution in [-0.2, 0) is 4.79 Å². The molecule has 1 aromatic rings. The molecule has 0 aromatic heterocycles. The van der Waals surface area contributed by atoms with Gasteiger partial charge in [0.25, 0.3) is 0 Å². The highest BCUT2D eigenvalue weighted by Crippen LogP contribution is 2.20. The summed E-state index contributed by atoms with van der Waals surface area (Å²) in [6.07, 6.45) is 3.42. The van der Waals surface area contributed by atoms with Gasteiger partial charge in [0.1, 0.15) is 0 Å². The van der Waals surface area contributed by atoms with Crippen molar-refractivity contribution in [2.24, 2.45) is 5.92 Å². The monoisotopic (exact) mass is 346 g/mol. The van der Waals surface area contributed by atoms with Crippen LogP contribution in [0.2, 0.25) is 0 Å². The summed E-state index contributed by atoms with van der Waals surface area (Å²) in [4.78, 5) is 26.2. The number of anilines is 1. The Morgan fingerprint density at radius 3 is 2.60 bits per heavy atom. The number of benzene rings is 1. The van der Waals surface area contributed by atoms with Crippen LogP contribution in [0.3, 0.4) is 0 Å². The second-order valence-electron chi connectivity index (χ2n) is 6.86. The van der Waals surface area contributed by atoms with E-state index in [1.807, 2.05) is 39.1 Å². The van der Waals surface area contributed by atoms with Crippen molar-refractivity contribution in [1.29, 1.82) is 0 Å². The van der Waals surface area contributed by atoms with Crippen LogP contribution in [0.4, 0.5) is 10.5 Å². The summed E-state index contributed by atoms with van der Waals surface area (Å²) in [5, 5.41) is 8.37. The van der Waals surface area contributed by atoms with Gasteiger partial charge in [-0.05, 0) is 82.9 Å². The Morgan fingerprint density at radius 2 is 1.92 bits per heavy atom. The van der Waals surface area contributed by atoms with Gasteiger partial charge >= 0.3 is 6.03 Å². The summed E-state index contributed by atoms with van der Waals surface area (Å²) in [5.41, 5.74) is 2.84. The molecule has 1 heterocycles. The molecule has 6 heteroatoms. The van der Waals surface area contributed by atoms with Gasteiger partial charge in [0.2, 0.25) is 5.91 Å². The number of nitrogens with zero attached hydrogens (tertiary/aromatic N) is 1. The third-order valence-corrected chi connectivity index (χ3v) is 4.98. The number of nitrogens with one attached hydrogen (secondary N) is 3. The van der Waals surface area contributed by atoms with Crippen LogP contribution < -0.4 is 16.0 Å². The Bertz CT molecular complexity index is 595. The number of carbonyl (C=O) groups excluding carboxylic acids is 2. The SMILES string of the molecule is CNCCC1CCN(CC(=O)NC(=O)Nc2cccc(C)c2C)CC1. The zero-order valence-electron chi connectivity index (χ0n) is 15.5. The smallest absolute Gasteiger partial charge is 0.320 e. The van der Waals surface area contributed by atoms with Gasteiger partial charge in [-0.25, -0.2) is 4.79 Å². The van der Waals surface area contributed by atoms with Crippen molar-refractivity contribution in [2.45, 2.75) is 33.1 Å². The first-order valence-electron chi connectivity index (χ1n) is 9.03. The quantitative estimate of drug-likeness (QED) is 0.739. The first kappa shape index (κ1) is 19.4. The second kappa shape index (κ2) is 9.53. The van der Waals surface area contributed by atoms with Crippen LogP contribution >= 0.6 is 0 Å². The number of amides is 3. The molecule has 0 atom stereocenters. The molecule has 0 saturated carbocycles. The fraction of sp³-hybridized carbons (Fsp3) is 0.579. The second-order valence-corrected chi connectivity index (χ2v) is 6.86. The number of hydrogen-bond donors (Lipinski definition) is 3. The standard InChI is InChI=1S/C19H30N4O2/c1-14-5-4-6-17(15(14)2)21-19(25)22-18(24)13-23-11-8-16(9-12-23)7-10-20-3/h4-6,16,20H,7-13H2,1-3H3,(H2,21,22,24,25). The molecule has 1 aromatic carbocycles. The van der Waals surface area contributed by atoms with Crippen molar-refractivity contribution in [1.82, 2.24) is 15.5 Å². The maximum absolute atomic E-state index is 12.1. The molecule has 0 radical (unpaired) electrons. The molecule has 138 valence electrons.